The lowest BCUT2D eigenvalue weighted by atomic mass is 10.00. The molecule has 1 atom stereocenters. The quantitative estimate of drug-likeness (QED) is 0.407. The molecule has 180 valence electrons. The number of fused-ring (bicyclic) bond motifs is 1. The van der Waals surface area contributed by atoms with Crippen LogP contribution in [0.2, 0.25) is 0 Å². The van der Waals surface area contributed by atoms with Gasteiger partial charge in [-0.25, -0.2) is 0 Å². The molecule has 1 aliphatic rings. The van der Waals surface area contributed by atoms with Crippen LogP contribution in [0.3, 0.4) is 0 Å². The molecule has 1 unspecified atom stereocenters. The van der Waals surface area contributed by atoms with E-state index in [1.807, 2.05) is 56.4 Å². The number of thiocarbonyl (C=S) groups is 1. The first-order valence-electron chi connectivity index (χ1n) is 11.9. The average Bonchev–Trinajstić information content (AvgIpc) is 3.21. The summed E-state index contributed by atoms with van der Waals surface area (Å²) in [7, 11) is 0. The minimum absolute atomic E-state index is 0.237. The standard InChI is InChI=1S/C26H29N7OS/c1-16(2)23-15-32(24-11-10-22(29-30-24)25-17(3)31-34-18(25)4)13-14-33(23)26(35)28-21-9-5-8-20-19(21)7-6-12-27-20/h5-12,16,23H,13-15H2,1-4H3,(H,28,35). The van der Waals surface area contributed by atoms with Gasteiger partial charge in [0.25, 0.3) is 0 Å². The molecule has 9 heteroatoms. The number of hydrogen-bond donors (Lipinski definition) is 1. The Hall–Kier alpha value is -3.59. The number of anilines is 2. The summed E-state index contributed by atoms with van der Waals surface area (Å²) in [6.45, 7) is 10.7. The monoisotopic (exact) mass is 487 g/mol. The van der Waals surface area contributed by atoms with Crippen LogP contribution in [0.4, 0.5) is 11.5 Å². The summed E-state index contributed by atoms with van der Waals surface area (Å²) < 4.78 is 5.28. The number of nitrogens with zero attached hydrogens (tertiary/aromatic N) is 6. The van der Waals surface area contributed by atoms with E-state index in [1.54, 1.807) is 0 Å². The van der Waals surface area contributed by atoms with Gasteiger partial charge in [-0.15, -0.1) is 10.2 Å². The molecule has 0 radical (unpaired) electrons. The maximum atomic E-state index is 5.89. The van der Waals surface area contributed by atoms with E-state index < -0.39 is 0 Å². The Balaban J connectivity index is 1.32. The molecule has 1 saturated heterocycles. The van der Waals surface area contributed by atoms with Crippen LogP contribution in [-0.2, 0) is 0 Å². The lowest BCUT2D eigenvalue weighted by molar-refractivity contribution is 0.227. The maximum absolute atomic E-state index is 5.89. The number of aromatic nitrogens is 4. The van der Waals surface area contributed by atoms with Gasteiger partial charge in [0.15, 0.2) is 10.9 Å². The third-order valence-electron chi connectivity index (χ3n) is 6.60. The molecule has 0 spiro atoms. The van der Waals surface area contributed by atoms with Crippen molar-refractivity contribution in [3.63, 3.8) is 0 Å². The molecule has 4 heterocycles. The summed E-state index contributed by atoms with van der Waals surface area (Å²) >= 11 is 5.89. The van der Waals surface area contributed by atoms with E-state index in [-0.39, 0.29) is 6.04 Å². The smallest absolute Gasteiger partial charge is 0.173 e. The fourth-order valence-corrected chi connectivity index (χ4v) is 5.05. The number of aryl methyl sites for hydroxylation is 2. The van der Waals surface area contributed by atoms with Crippen molar-refractivity contribution in [3.05, 3.63) is 60.1 Å². The molecule has 1 N–H and O–H groups in total. The molecular formula is C26H29N7OS. The molecule has 3 aromatic heterocycles. The minimum Gasteiger partial charge on any atom is -0.361 e. The maximum Gasteiger partial charge on any atom is 0.173 e. The Morgan fingerprint density at radius 2 is 1.94 bits per heavy atom. The van der Waals surface area contributed by atoms with Crippen molar-refractivity contribution < 1.29 is 4.52 Å². The largest absolute Gasteiger partial charge is 0.361 e. The van der Waals surface area contributed by atoms with Crippen molar-refractivity contribution in [1.29, 1.82) is 0 Å². The summed E-state index contributed by atoms with van der Waals surface area (Å²) in [5.74, 6) is 2.02. The van der Waals surface area contributed by atoms with Gasteiger partial charge in [0.2, 0.25) is 0 Å². The van der Waals surface area contributed by atoms with Crippen molar-refractivity contribution in [1.82, 2.24) is 25.2 Å². The van der Waals surface area contributed by atoms with Crippen LogP contribution >= 0.6 is 12.2 Å². The Morgan fingerprint density at radius 1 is 1.09 bits per heavy atom. The summed E-state index contributed by atoms with van der Waals surface area (Å²) in [5, 5.41) is 18.3. The van der Waals surface area contributed by atoms with Gasteiger partial charge in [0.05, 0.1) is 28.5 Å². The molecule has 1 aliphatic heterocycles. The highest BCUT2D eigenvalue weighted by atomic mass is 32.1. The predicted octanol–water partition coefficient (Wildman–Crippen LogP) is 4.84. The number of benzene rings is 1. The van der Waals surface area contributed by atoms with E-state index in [4.69, 9.17) is 16.7 Å². The first-order valence-corrected chi connectivity index (χ1v) is 12.3. The molecule has 0 saturated carbocycles. The first-order chi connectivity index (χ1) is 16.9. The van der Waals surface area contributed by atoms with Gasteiger partial charge in [-0.05, 0) is 68.4 Å². The van der Waals surface area contributed by atoms with Crippen LogP contribution in [0.25, 0.3) is 22.2 Å². The van der Waals surface area contributed by atoms with Crippen molar-refractivity contribution in [2.45, 2.75) is 33.7 Å². The Morgan fingerprint density at radius 3 is 2.66 bits per heavy atom. The van der Waals surface area contributed by atoms with Crippen LogP contribution < -0.4 is 10.2 Å². The van der Waals surface area contributed by atoms with Crippen molar-refractivity contribution in [3.8, 4) is 11.3 Å². The van der Waals surface area contributed by atoms with Crippen LogP contribution in [0.5, 0.6) is 0 Å². The predicted molar refractivity (Wildman–Crippen MR) is 143 cm³/mol. The third kappa shape index (κ3) is 4.55. The SMILES string of the molecule is Cc1noc(C)c1-c1ccc(N2CCN(C(=S)Nc3cccc4ncccc34)C(C(C)C)C2)nn1. The van der Waals surface area contributed by atoms with Gasteiger partial charge in [-0.2, -0.15) is 0 Å². The van der Waals surface area contributed by atoms with Crippen molar-refractivity contribution >= 4 is 39.7 Å². The van der Waals surface area contributed by atoms with Gasteiger partial charge in [0, 0.05) is 36.9 Å². The number of piperazine rings is 1. The molecular weight excluding hydrogens is 458 g/mol. The van der Waals surface area contributed by atoms with Crippen LogP contribution in [0, 0.1) is 19.8 Å². The van der Waals surface area contributed by atoms with Crippen LogP contribution in [0.15, 0.2) is 53.2 Å². The highest BCUT2D eigenvalue weighted by Gasteiger charge is 2.32. The molecule has 5 rings (SSSR count). The second-order valence-electron chi connectivity index (χ2n) is 9.23. The number of hydrogen-bond acceptors (Lipinski definition) is 7. The summed E-state index contributed by atoms with van der Waals surface area (Å²) in [6.07, 6.45) is 1.81. The fourth-order valence-electron chi connectivity index (χ4n) is 4.72. The Bertz CT molecular complexity index is 1330. The molecule has 8 nitrogen and oxygen atoms in total. The molecule has 1 aromatic carbocycles. The van der Waals surface area contributed by atoms with Crippen LogP contribution in [0.1, 0.15) is 25.3 Å². The molecule has 4 aromatic rings. The van der Waals surface area contributed by atoms with E-state index in [9.17, 15) is 0 Å². The molecule has 0 amide bonds. The lowest BCUT2D eigenvalue weighted by Gasteiger charge is -2.45. The average molecular weight is 488 g/mol. The number of pyridine rings is 1. The van der Waals surface area contributed by atoms with E-state index in [1.165, 1.54) is 0 Å². The van der Waals surface area contributed by atoms with Crippen LogP contribution in [-0.4, -0.2) is 56.0 Å². The zero-order valence-corrected chi connectivity index (χ0v) is 21.2. The zero-order valence-electron chi connectivity index (χ0n) is 20.4. The summed E-state index contributed by atoms with van der Waals surface area (Å²) in [6, 6.07) is 14.3. The second kappa shape index (κ2) is 9.58. The van der Waals surface area contributed by atoms with Gasteiger partial charge in [-0.1, -0.05) is 25.1 Å². The zero-order chi connectivity index (χ0) is 24.5. The molecule has 0 aliphatic carbocycles. The van der Waals surface area contributed by atoms with Gasteiger partial charge in [-0.3, -0.25) is 4.98 Å². The highest BCUT2D eigenvalue weighted by molar-refractivity contribution is 7.80. The minimum atomic E-state index is 0.237. The normalized spacial score (nSPS) is 16.2. The number of rotatable bonds is 4. The third-order valence-corrected chi connectivity index (χ3v) is 6.94. The molecule has 1 fully saturated rings. The van der Waals surface area contributed by atoms with E-state index in [2.05, 4.69) is 55.4 Å². The van der Waals surface area contributed by atoms with E-state index in [0.717, 1.165) is 69.9 Å². The first kappa shape index (κ1) is 23.2. The lowest BCUT2D eigenvalue weighted by Crippen LogP contribution is -2.58. The summed E-state index contributed by atoms with van der Waals surface area (Å²) in [4.78, 5) is 9.05. The van der Waals surface area contributed by atoms with Gasteiger partial charge >= 0.3 is 0 Å². The second-order valence-corrected chi connectivity index (χ2v) is 9.62. The Labute approximate surface area is 210 Å². The van der Waals surface area contributed by atoms with Gasteiger partial charge in [0.1, 0.15) is 5.76 Å². The molecule has 0 bridgehead atoms. The fraction of sp³-hybridized carbons (Fsp3) is 0.346. The Kier molecular flexibility index (Phi) is 6.34. The molecule has 35 heavy (non-hydrogen) atoms. The van der Waals surface area contributed by atoms with E-state index in [0.29, 0.717) is 5.92 Å². The van der Waals surface area contributed by atoms with E-state index >= 15 is 0 Å². The van der Waals surface area contributed by atoms with Crippen molar-refractivity contribution in [2.75, 3.05) is 29.9 Å². The van der Waals surface area contributed by atoms with Gasteiger partial charge < -0.3 is 19.6 Å². The van der Waals surface area contributed by atoms with Crippen molar-refractivity contribution in [2.24, 2.45) is 5.92 Å². The topological polar surface area (TPSA) is 83.2 Å². The highest BCUT2D eigenvalue weighted by Crippen LogP contribution is 2.28. The number of nitrogens with one attached hydrogen (secondary N) is 1. The summed E-state index contributed by atoms with van der Waals surface area (Å²) in [5.41, 5.74) is 4.43.